The molecular weight excluding hydrogens is 524 g/mol. The Morgan fingerprint density at radius 3 is 2.14 bits per heavy atom. The number of hydrogen-bond donors (Lipinski definition) is 1. The lowest BCUT2D eigenvalue weighted by Gasteiger charge is -2.24. The first kappa shape index (κ1) is 32.6. The standard InChI is InChI=1S/C36H46N2O4/c1-3-4-5-6-7-8-9-10-11-12-13-14-15-16-17-18-22-25-34(40)38-27-26-31(29-38)37-35(41)32-28-33(39)36(2,42-32)30-23-20-19-21-24-30/h4-5,7-8,10-11,13-14,16-17,19-21,23-24,28,31H,3,6,9,12,15,18,22,25-27,29H2,1-2H3,(H,37,41)/b5-4-,8-7-,11-10-,14-13-,17-16-. The molecule has 1 fully saturated rings. The van der Waals surface area contributed by atoms with Crippen LogP contribution in [0.4, 0.5) is 0 Å². The van der Waals surface area contributed by atoms with E-state index < -0.39 is 11.5 Å². The average Bonchev–Trinajstić information content (AvgIpc) is 3.59. The highest BCUT2D eigenvalue weighted by Crippen LogP contribution is 2.34. The normalized spacial score (nSPS) is 21.0. The number of benzene rings is 1. The van der Waals surface area contributed by atoms with Gasteiger partial charge in [0.1, 0.15) is 0 Å². The fraction of sp³-hybridized carbons (Fsp3) is 0.417. The Morgan fingerprint density at radius 2 is 1.52 bits per heavy atom. The van der Waals surface area contributed by atoms with Crippen molar-refractivity contribution in [1.82, 2.24) is 10.2 Å². The number of carbonyl (C=O) groups is 3. The highest BCUT2D eigenvalue weighted by Gasteiger charge is 2.44. The molecule has 2 heterocycles. The number of ether oxygens (including phenoxy) is 1. The Labute approximate surface area is 251 Å². The molecule has 224 valence electrons. The summed E-state index contributed by atoms with van der Waals surface area (Å²) in [5.41, 5.74) is -0.493. The van der Waals surface area contributed by atoms with E-state index in [0.717, 1.165) is 44.9 Å². The number of ketones is 1. The molecule has 2 amide bonds. The predicted octanol–water partition coefficient (Wildman–Crippen LogP) is 7.02. The van der Waals surface area contributed by atoms with Crippen molar-refractivity contribution in [2.45, 2.75) is 83.3 Å². The highest BCUT2D eigenvalue weighted by atomic mass is 16.5. The number of hydrogen-bond acceptors (Lipinski definition) is 4. The van der Waals surface area contributed by atoms with E-state index >= 15 is 0 Å². The second kappa shape index (κ2) is 17.8. The van der Waals surface area contributed by atoms with Crippen LogP contribution in [-0.4, -0.2) is 41.6 Å². The fourth-order valence-electron chi connectivity index (χ4n) is 4.88. The SMILES string of the molecule is CC/C=C\C/C=C\C/C=C\C/C=C\C/C=C\CCCC(=O)N1CCC(NC(=O)C2=CC(=O)C(C)(c3ccccc3)O2)C1. The fourth-order valence-corrected chi connectivity index (χ4v) is 4.88. The molecule has 0 bridgehead atoms. The molecule has 0 radical (unpaired) electrons. The first-order valence-corrected chi connectivity index (χ1v) is 15.3. The number of rotatable bonds is 16. The monoisotopic (exact) mass is 570 g/mol. The molecule has 2 unspecified atom stereocenters. The molecule has 1 aromatic carbocycles. The first-order valence-electron chi connectivity index (χ1n) is 15.3. The van der Waals surface area contributed by atoms with Crippen molar-refractivity contribution in [2.24, 2.45) is 0 Å². The van der Waals surface area contributed by atoms with Gasteiger partial charge in [0.25, 0.3) is 5.91 Å². The van der Waals surface area contributed by atoms with Crippen molar-refractivity contribution in [3.05, 3.63) is 108 Å². The van der Waals surface area contributed by atoms with Crippen LogP contribution in [0.3, 0.4) is 0 Å². The highest BCUT2D eigenvalue weighted by molar-refractivity contribution is 6.07. The molecule has 0 spiro atoms. The number of nitrogens with one attached hydrogen (secondary N) is 1. The van der Waals surface area contributed by atoms with Crippen LogP contribution in [0.2, 0.25) is 0 Å². The largest absolute Gasteiger partial charge is 0.469 e. The molecule has 0 aliphatic carbocycles. The average molecular weight is 571 g/mol. The molecule has 2 aliphatic heterocycles. The molecule has 6 nitrogen and oxygen atoms in total. The lowest BCUT2D eigenvalue weighted by molar-refractivity contribution is -0.133. The van der Waals surface area contributed by atoms with E-state index in [9.17, 15) is 14.4 Å². The number of amides is 2. The summed E-state index contributed by atoms with van der Waals surface area (Å²) < 4.78 is 5.84. The lowest BCUT2D eigenvalue weighted by atomic mass is 9.92. The topological polar surface area (TPSA) is 75.7 Å². The van der Waals surface area contributed by atoms with E-state index in [4.69, 9.17) is 4.74 Å². The van der Waals surface area contributed by atoms with Gasteiger partial charge in [0.05, 0.1) is 0 Å². The van der Waals surface area contributed by atoms with Crippen molar-refractivity contribution in [2.75, 3.05) is 13.1 Å². The van der Waals surface area contributed by atoms with Crippen LogP contribution >= 0.6 is 0 Å². The van der Waals surface area contributed by atoms with Gasteiger partial charge in [-0.05, 0) is 58.3 Å². The molecular formula is C36H46N2O4. The van der Waals surface area contributed by atoms with Crippen molar-refractivity contribution in [1.29, 1.82) is 0 Å². The third kappa shape index (κ3) is 10.5. The molecule has 0 aromatic heterocycles. The van der Waals surface area contributed by atoms with Gasteiger partial charge < -0.3 is 15.0 Å². The molecule has 42 heavy (non-hydrogen) atoms. The molecule has 0 saturated carbocycles. The molecule has 2 aliphatic rings. The second-order valence-corrected chi connectivity index (χ2v) is 10.8. The predicted molar refractivity (Wildman–Crippen MR) is 169 cm³/mol. The Bertz CT molecular complexity index is 1210. The van der Waals surface area contributed by atoms with Crippen LogP contribution in [0.5, 0.6) is 0 Å². The summed E-state index contributed by atoms with van der Waals surface area (Å²) in [6.45, 7) is 4.91. The number of unbranched alkanes of at least 4 members (excludes halogenated alkanes) is 1. The van der Waals surface area contributed by atoms with Crippen LogP contribution in [0, 0.1) is 0 Å². The van der Waals surface area contributed by atoms with Crippen LogP contribution in [0.25, 0.3) is 0 Å². The molecule has 1 saturated heterocycles. The quantitative estimate of drug-likeness (QED) is 0.171. The van der Waals surface area contributed by atoms with Gasteiger partial charge in [0.15, 0.2) is 11.4 Å². The summed E-state index contributed by atoms with van der Waals surface area (Å²) in [4.78, 5) is 39.9. The number of carbonyl (C=O) groups excluding carboxylic acids is 3. The molecule has 6 heteroatoms. The van der Waals surface area contributed by atoms with Gasteiger partial charge in [0.2, 0.25) is 11.7 Å². The Kier molecular flexibility index (Phi) is 13.8. The summed E-state index contributed by atoms with van der Waals surface area (Å²) in [5.74, 6) is -0.536. The van der Waals surface area contributed by atoms with Gasteiger partial charge in [-0.15, -0.1) is 0 Å². The van der Waals surface area contributed by atoms with E-state index in [2.05, 4.69) is 73.0 Å². The van der Waals surface area contributed by atoms with Crippen molar-refractivity contribution in [3.8, 4) is 0 Å². The van der Waals surface area contributed by atoms with E-state index in [0.29, 0.717) is 31.5 Å². The van der Waals surface area contributed by atoms with Crippen molar-refractivity contribution < 1.29 is 19.1 Å². The van der Waals surface area contributed by atoms with E-state index in [1.54, 1.807) is 6.92 Å². The lowest BCUT2D eigenvalue weighted by Crippen LogP contribution is -2.39. The van der Waals surface area contributed by atoms with E-state index in [1.165, 1.54) is 6.08 Å². The van der Waals surface area contributed by atoms with Crippen molar-refractivity contribution in [3.63, 3.8) is 0 Å². The second-order valence-electron chi connectivity index (χ2n) is 10.8. The van der Waals surface area contributed by atoms with Gasteiger partial charge >= 0.3 is 0 Å². The molecule has 1 N–H and O–H groups in total. The van der Waals surface area contributed by atoms with Crippen molar-refractivity contribution >= 4 is 17.6 Å². The van der Waals surface area contributed by atoms with Gasteiger partial charge in [-0.3, -0.25) is 14.4 Å². The molecule has 1 aromatic rings. The minimum absolute atomic E-state index is 0.0215. The zero-order chi connectivity index (χ0) is 30.0. The third-order valence-electron chi connectivity index (χ3n) is 7.39. The minimum atomic E-state index is -1.20. The Morgan fingerprint density at radius 1 is 0.929 bits per heavy atom. The van der Waals surface area contributed by atoms with Crippen LogP contribution in [0.1, 0.15) is 77.2 Å². The maximum atomic E-state index is 12.8. The first-order chi connectivity index (χ1) is 20.4. The summed E-state index contributed by atoms with van der Waals surface area (Å²) in [7, 11) is 0. The van der Waals surface area contributed by atoms with Gasteiger partial charge in [-0.25, -0.2) is 0 Å². The number of likely N-dealkylation sites (tertiary alicyclic amines) is 1. The minimum Gasteiger partial charge on any atom is -0.469 e. The summed E-state index contributed by atoms with van der Waals surface area (Å²) in [5, 5.41) is 2.94. The Balaban J connectivity index is 1.25. The zero-order valence-corrected chi connectivity index (χ0v) is 25.2. The summed E-state index contributed by atoms with van der Waals surface area (Å²) in [6.07, 6.45) is 30.8. The van der Waals surface area contributed by atoms with Gasteiger partial charge in [-0.1, -0.05) is 98.0 Å². The maximum absolute atomic E-state index is 12.8. The Hall–Kier alpha value is -3.93. The third-order valence-corrected chi connectivity index (χ3v) is 7.39. The van der Waals surface area contributed by atoms with Gasteiger partial charge in [-0.2, -0.15) is 0 Å². The van der Waals surface area contributed by atoms with Gasteiger partial charge in [0, 0.05) is 37.2 Å². The van der Waals surface area contributed by atoms with E-state index in [-0.39, 0.29) is 23.5 Å². The number of nitrogens with zero attached hydrogens (tertiary/aromatic N) is 1. The smallest absolute Gasteiger partial charge is 0.286 e. The maximum Gasteiger partial charge on any atom is 0.286 e. The summed E-state index contributed by atoms with van der Waals surface area (Å²) >= 11 is 0. The van der Waals surface area contributed by atoms with E-state index in [1.807, 2.05) is 35.2 Å². The number of allylic oxidation sites excluding steroid dienone is 10. The van der Waals surface area contributed by atoms with Crippen LogP contribution < -0.4 is 5.32 Å². The molecule has 3 rings (SSSR count). The summed E-state index contributed by atoms with van der Waals surface area (Å²) in [6, 6.07) is 9.01. The van der Waals surface area contributed by atoms with Crippen LogP contribution in [-0.2, 0) is 24.7 Å². The zero-order valence-electron chi connectivity index (χ0n) is 25.2. The van der Waals surface area contributed by atoms with Crippen LogP contribution in [0.15, 0.2) is 103 Å². The molecule has 2 atom stereocenters.